The predicted molar refractivity (Wildman–Crippen MR) is 128 cm³/mol. The van der Waals surface area contributed by atoms with E-state index >= 15 is 0 Å². The van der Waals surface area contributed by atoms with Crippen molar-refractivity contribution in [2.75, 3.05) is 6.54 Å². The fourth-order valence-corrected chi connectivity index (χ4v) is 4.06. The summed E-state index contributed by atoms with van der Waals surface area (Å²) in [6, 6.07) is 6.05. The summed E-state index contributed by atoms with van der Waals surface area (Å²) in [4.78, 5) is 54.4. The maximum Gasteiger partial charge on any atom is 0.327 e. The Morgan fingerprint density at radius 2 is 1.79 bits per heavy atom. The highest BCUT2D eigenvalue weighted by atomic mass is 16.5. The molecule has 9 heteroatoms. The molecule has 0 spiro atoms. The summed E-state index contributed by atoms with van der Waals surface area (Å²) < 4.78 is 5.38. The number of benzene rings is 1. The number of nitrogens with two attached hydrogens (primary N) is 1. The number of hydrogen-bond acceptors (Lipinski definition) is 7. The van der Waals surface area contributed by atoms with Crippen molar-refractivity contribution in [3.63, 3.8) is 0 Å². The van der Waals surface area contributed by atoms with Crippen molar-refractivity contribution in [2.45, 2.75) is 71.7 Å². The molecule has 1 unspecified atom stereocenters. The molecule has 1 aromatic carbocycles. The van der Waals surface area contributed by atoms with E-state index in [1.165, 1.54) is 4.90 Å². The Balaban J connectivity index is 2.22. The molecule has 1 aromatic rings. The van der Waals surface area contributed by atoms with E-state index in [0.29, 0.717) is 25.6 Å². The summed E-state index contributed by atoms with van der Waals surface area (Å²) in [5.41, 5.74) is 6.94. The Labute approximate surface area is 201 Å². The first-order chi connectivity index (χ1) is 16.1. The number of hydrogen-bond donors (Lipinski definition) is 2. The van der Waals surface area contributed by atoms with Gasteiger partial charge in [-0.3, -0.25) is 19.3 Å². The summed E-state index contributed by atoms with van der Waals surface area (Å²) in [7, 11) is 0. The second kappa shape index (κ2) is 12.4. The summed E-state index contributed by atoms with van der Waals surface area (Å²) in [6.45, 7) is 7.42. The van der Waals surface area contributed by atoms with Crippen molar-refractivity contribution in [1.29, 1.82) is 5.41 Å². The third-order valence-electron chi connectivity index (χ3n) is 6.06. The zero-order valence-electron chi connectivity index (χ0n) is 20.4. The molecule has 1 aliphatic heterocycles. The van der Waals surface area contributed by atoms with Crippen LogP contribution in [-0.2, 0) is 25.7 Å². The largest absolute Gasteiger partial charge is 0.461 e. The van der Waals surface area contributed by atoms with Crippen LogP contribution in [0.5, 0.6) is 0 Å². The molecule has 0 saturated carbocycles. The molecule has 0 radical (unpaired) electrons. The summed E-state index contributed by atoms with van der Waals surface area (Å²) >= 11 is 0. The van der Waals surface area contributed by atoms with E-state index in [2.05, 4.69) is 0 Å². The maximum atomic E-state index is 13.6. The first kappa shape index (κ1) is 27.2. The van der Waals surface area contributed by atoms with Crippen molar-refractivity contribution in [2.24, 2.45) is 17.6 Å². The van der Waals surface area contributed by atoms with Crippen LogP contribution in [-0.4, -0.2) is 64.4 Å². The van der Waals surface area contributed by atoms with E-state index in [1.54, 1.807) is 27.7 Å². The smallest absolute Gasteiger partial charge is 0.327 e. The molecule has 0 bridgehead atoms. The van der Waals surface area contributed by atoms with Crippen LogP contribution in [0.25, 0.3) is 0 Å². The van der Waals surface area contributed by atoms with Crippen LogP contribution in [0.2, 0.25) is 0 Å². The molecule has 3 atom stereocenters. The van der Waals surface area contributed by atoms with Crippen molar-refractivity contribution in [3.8, 4) is 0 Å². The molecular weight excluding hydrogens is 436 g/mol. The molecule has 1 saturated heterocycles. The van der Waals surface area contributed by atoms with Crippen LogP contribution in [0.15, 0.2) is 30.3 Å². The van der Waals surface area contributed by atoms with Crippen molar-refractivity contribution in [1.82, 2.24) is 9.80 Å². The average molecular weight is 473 g/mol. The molecule has 34 heavy (non-hydrogen) atoms. The highest BCUT2D eigenvalue weighted by Gasteiger charge is 2.43. The minimum Gasteiger partial charge on any atom is -0.461 e. The quantitative estimate of drug-likeness (QED) is 0.397. The predicted octanol–water partition coefficient (Wildman–Crippen LogP) is 2.76. The van der Waals surface area contributed by atoms with Gasteiger partial charge in [0.1, 0.15) is 12.6 Å². The lowest BCUT2D eigenvalue weighted by Gasteiger charge is -2.37. The Morgan fingerprint density at radius 1 is 1.15 bits per heavy atom. The van der Waals surface area contributed by atoms with E-state index in [1.807, 2.05) is 30.3 Å². The SMILES string of the molecule is CC(C)C(C(=O)C=N)N(C(=O)[C@@H](N)C(C)C)C(=O)N1CCC[C@H]1CC(=O)OCc1ccccc1. The molecule has 0 aliphatic carbocycles. The standard InChI is InChI=1S/C25H36N4O5/c1-16(2)22(27)24(32)29(23(17(3)4)20(30)14-26)25(33)28-12-8-11-19(28)13-21(31)34-15-18-9-6-5-7-10-18/h5-7,9-10,14,16-17,19,22-23,26H,8,11-13,15,27H2,1-4H3/t19-,22-,23?/m0/s1. The topological polar surface area (TPSA) is 134 Å². The normalized spacial score (nSPS) is 17.4. The number of likely N-dealkylation sites (tertiary alicyclic amines) is 1. The summed E-state index contributed by atoms with van der Waals surface area (Å²) in [6.07, 6.45) is 1.85. The number of imide groups is 1. The number of urea groups is 1. The molecule has 1 fully saturated rings. The number of nitrogens with zero attached hydrogens (tertiary/aromatic N) is 2. The maximum absolute atomic E-state index is 13.6. The van der Waals surface area contributed by atoms with Crippen molar-refractivity contribution >= 4 is 29.9 Å². The second-order valence-corrected chi connectivity index (χ2v) is 9.34. The molecule has 9 nitrogen and oxygen atoms in total. The lowest BCUT2D eigenvalue weighted by Crippen LogP contribution is -2.61. The minimum atomic E-state index is -1.14. The van der Waals surface area contributed by atoms with Crippen LogP contribution in [0.4, 0.5) is 4.79 Å². The zero-order chi connectivity index (χ0) is 25.4. The van der Waals surface area contributed by atoms with Crippen LogP contribution in [0, 0.1) is 17.2 Å². The monoisotopic (exact) mass is 472 g/mol. The van der Waals surface area contributed by atoms with E-state index in [-0.39, 0.29) is 18.9 Å². The van der Waals surface area contributed by atoms with Gasteiger partial charge in [-0.05, 0) is 30.2 Å². The van der Waals surface area contributed by atoms with Gasteiger partial charge in [-0.1, -0.05) is 58.0 Å². The first-order valence-corrected chi connectivity index (χ1v) is 11.7. The van der Waals surface area contributed by atoms with Gasteiger partial charge in [0, 0.05) is 12.6 Å². The van der Waals surface area contributed by atoms with Gasteiger partial charge in [0.05, 0.1) is 18.7 Å². The fourth-order valence-electron chi connectivity index (χ4n) is 4.06. The third kappa shape index (κ3) is 6.72. The first-order valence-electron chi connectivity index (χ1n) is 11.7. The molecule has 3 N–H and O–H groups in total. The molecule has 0 aromatic heterocycles. The number of carbonyl (C=O) groups is 4. The molecule has 2 rings (SSSR count). The van der Waals surface area contributed by atoms with Crippen molar-refractivity contribution < 1.29 is 23.9 Å². The number of carbonyl (C=O) groups excluding carboxylic acids is 4. The third-order valence-corrected chi connectivity index (χ3v) is 6.06. The number of ketones is 1. The van der Waals surface area contributed by atoms with Gasteiger partial charge < -0.3 is 20.8 Å². The number of Topliss-reactive ketones (excluding diaryl/α,β-unsaturated/α-hetero) is 1. The number of rotatable bonds is 10. The van der Waals surface area contributed by atoms with E-state index in [4.69, 9.17) is 15.9 Å². The minimum absolute atomic E-state index is 0.0122. The van der Waals surface area contributed by atoms with Gasteiger partial charge >= 0.3 is 12.0 Å². The highest BCUT2D eigenvalue weighted by Crippen LogP contribution is 2.25. The van der Waals surface area contributed by atoms with Gasteiger partial charge in [-0.2, -0.15) is 0 Å². The van der Waals surface area contributed by atoms with Crippen LogP contribution < -0.4 is 5.73 Å². The number of esters is 1. The highest BCUT2D eigenvalue weighted by molar-refractivity contribution is 6.30. The van der Waals surface area contributed by atoms with E-state index in [9.17, 15) is 19.2 Å². The number of amides is 3. The Kier molecular flexibility index (Phi) is 9.92. The van der Waals surface area contributed by atoms with E-state index in [0.717, 1.165) is 10.5 Å². The molecule has 186 valence electrons. The lowest BCUT2D eigenvalue weighted by atomic mass is 9.96. The van der Waals surface area contributed by atoms with Gasteiger partial charge in [-0.15, -0.1) is 0 Å². The molecule has 1 heterocycles. The van der Waals surface area contributed by atoms with E-state index < -0.39 is 47.7 Å². The number of nitrogens with one attached hydrogen (secondary N) is 1. The Hall–Kier alpha value is -3.07. The van der Waals surface area contributed by atoms with Gasteiger partial charge in [0.2, 0.25) is 5.91 Å². The van der Waals surface area contributed by atoms with Crippen LogP contribution in [0.3, 0.4) is 0 Å². The summed E-state index contributed by atoms with van der Waals surface area (Å²) in [5, 5.41) is 7.43. The molecule has 3 amide bonds. The lowest BCUT2D eigenvalue weighted by molar-refractivity contribution is -0.146. The van der Waals surface area contributed by atoms with Crippen LogP contribution in [0.1, 0.15) is 52.5 Å². The zero-order valence-corrected chi connectivity index (χ0v) is 20.4. The number of ether oxygens (including phenoxy) is 1. The fraction of sp³-hybridized carbons (Fsp3) is 0.560. The van der Waals surface area contributed by atoms with Crippen LogP contribution >= 0.6 is 0 Å². The molecular formula is C25H36N4O5. The second-order valence-electron chi connectivity index (χ2n) is 9.34. The van der Waals surface area contributed by atoms with Gasteiger partial charge in [-0.25, -0.2) is 4.79 Å². The Morgan fingerprint density at radius 3 is 2.35 bits per heavy atom. The average Bonchev–Trinajstić information content (AvgIpc) is 3.27. The van der Waals surface area contributed by atoms with Gasteiger partial charge in [0.25, 0.3) is 0 Å². The summed E-state index contributed by atoms with van der Waals surface area (Å²) in [5.74, 6) is -2.43. The molecule has 1 aliphatic rings. The Bertz CT molecular complexity index is 887. The van der Waals surface area contributed by atoms with Gasteiger partial charge in [0.15, 0.2) is 5.78 Å². The van der Waals surface area contributed by atoms with Crippen molar-refractivity contribution in [3.05, 3.63) is 35.9 Å².